The highest BCUT2D eigenvalue weighted by Crippen LogP contribution is 2.32. The van der Waals surface area contributed by atoms with Crippen LogP contribution in [0, 0.1) is 13.8 Å². The third-order valence-corrected chi connectivity index (χ3v) is 5.56. The van der Waals surface area contributed by atoms with Gasteiger partial charge in [-0.3, -0.25) is 15.1 Å². The topological polar surface area (TPSA) is 63.2 Å². The zero-order valence-corrected chi connectivity index (χ0v) is 17.7. The van der Waals surface area contributed by atoms with Gasteiger partial charge >= 0.3 is 0 Å². The van der Waals surface area contributed by atoms with Crippen molar-refractivity contribution in [3.05, 3.63) is 82.4 Å². The van der Waals surface area contributed by atoms with Gasteiger partial charge in [0.2, 0.25) is 0 Å². The number of hydrogen-bond acceptors (Lipinski definition) is 5. The molecule has 1 heterocycles. The van der Waals surface area contributed by atoms with Crippen molar-refractivity contribution >= 4 is 44.9 Å². The number of ketones is 1. The number of anilines is 1. The summed E-state index contributed by atoms with van der Waals surface area (Å²) in [6.45, 7) is 5.61. The number of hydrogen-bond donors (Lipinski definition) is 2. The SMILES string of the molecule is Cc1cc(C(=O)C(C)ONNc2c3ccccc3nc3cccc(C)c23)ccc1Cl. The second kappa shape index (κ2) is 8.40. The van der Waals surface area contributed by atoms with Gasteiger partial charge in [0.05, 0.1) is 16.7 Å². The fourth-order valence-corrected chi connectivity index (χ4v) is 3.62. The number of nitrogens with one attached hydrogen (secondary N) is 2. The Morgan fingerprint density at radius 2 is 1.77 bits per heavy atom. The van der Waals surface area contributed by atoms with Crippen molar-refractivity contribution in [3.8, 4) is 0 Å². The predicted molar refractivity (Wildman–Crippen MR) is 122 cm³/mol. The number of nitrogens with zero attached hydrogens (tertiary/aromatic N) is 1. The van der Waals surface area contributed by atoms with Crippen LogP contribution in [0.2, 0.25) is 5.02 Å². The third kappa shape index (κ3) is 3.87. The molecule has 0 aliphatic carbocycles. The highest BCUT2D eigenvalue weighted by molar-refractivity contribution is 6.31. The van der Waals surface area contributed by atoms with Gasteiger partial charge in [0.25, 0.3) is 0 Å². The molecule has 2 N–H and O–H groups in total. The molecule has 5 nitrogen and oxygen atoms in total. The van der Waals surface area contributed by atoms with Crippen LogP contribution in [0.25, 0.3) is 21.8 Å². The Labute approximate surface area is 179 Å². The van der Waals surface area contributed by atoms with E-state index in [0.717, 1.165) is 38.6 Å². The molecule has 152 valence electrons. The molecular formula is C24H22ClN3O2. The molecule has 6 heteroatoms. The number of rotatable bonds is 6. The average Bonchev–Trinajstić information content (AvgIpc) is 2.74. The van der Waals surface area contributed by atoms with Crippen LogP contribution in [0.1, 0.15) is 28.4 Å². The smallest absolute Gasteiger partial charge is 0.193 e. The number of aryl methyl sites for hydroxylation is 2. The first-order valence-corrected chi connectivity index (χ1v) is 10.1. The van der Waals surface area contributed by atoms with E-state index >= 15 is 0 Å². The van der Waals surface area contributed by atoms with Crippen molar-refractivity contribution in [1.82, 2.24) is 10.6 Å². The second-order valence-electron chi connectivity index (χ2n) is 7.29. The summed E-state index contributed by atoms with van der Waals surface area (Å²) in [6, 6.07) is 19.1. The third-order valence-electron chi connectivity index (χ3n) is 5.14. The minimum atomic E-state index is -0.696. The molecule has 30 heavy (non-hydrogen) atoms. The molecule has 0 aliphatic heterocycles. The van der Waals surface area contributed by atoms with Crippen molar-refractivity contribution in [2.45, 2.75) is 26.9 Å². The maximum Gasteiger partial charge on any atom is 0.193 e. The van der Waals surface area contributed by atoms with Crippen LogP contribution in [0.4, 0.5) is 5.69 Å². The Morgan fingerprint density at radius 1 is 1.00 bits per heavy atom. The standard InChI is InChI=1S/C24H22ClN3O2/c1-14-7-6-10-21-22(14)23(18-8-4-5-9-20(18)26-21)27-28-30-16(3)24(29)17-11-12-19(25)15(2)13-17/h4-13,16,28H,1-3H3,(H,26,27). The van der Waals surface area contributed by atoms with Crippen LogP contribution in [0.3, 0.4) is 0 Å². The number of pyridine rings is 1. The summed E-state index contributed by atoms with van der Waals surface area (Å²) < 4.78 is 0. The lowest BCUT2D eigenvalue weighted by Crippen LogP contribution is -2.32. The Morgan fingerprint density at radius 3 is 2.57 bits per heavy atom. The molecule has 0 saturated carbocycles. The van der Waals surface area contributed by atoms with E-state index in [1.807, 2.05) is 56.3 Å². The fourth-order valence-electron chi connectivity index (χ4n) is 3.50. The van der Waals surface area contributed by atoms with Gasteiger partial charge in [0, 0.05) is 21.4 Å². The number of aromatic nitrogens is 1. The molecule has 3 aromatic carbocycles. The highest BCUT2D eigenvalue weighted by Gasteiger charge is 2.17. The minimum Gasteiger partial charge on any atom is -0.297 e. The first-order chi connectivity index (χ1) is 14.5. The van der Waals surface area contributed by atoms with Crippen molar-refractivity contribution in [2.75, 3.05) is 5.43 Å². The van der Waals surface area contributed by atoms with Gasteiger partial charge in [-0.05, 0) is 62.2 Å². The molecular weight excluding hydrogens is 398 g/mol. The lowest BCUT2D eigenvalue weighted by atomic mass is 10.0. The second-order valence-corrected chi connectivity index (χ2v) is 7.70. The summed E-state index contributed by atoms with van der Waals surface area (Å²) in [6.07, 6.45) is -0.696. The quantitative estimate of drug-likeness (QED) is 0.236. The number of fused-ring (bicyclic) bond motifs is 2. The van der Waals surface area contributed by atoms with Crippen LogP contribution in [-0.2, 0) is 4.84 Å². The van der Waals surface area contributed by atoms with Crippen LogP contribution >= 0.6 is 11.6 Å². The molecule has 0 fully saturated rings. The monoisotopic (exact) mass is 419 g/mol. The largest absolute Gasteiger partial charge is 0.297 e. The van der Waals surface area contributed by atoms with Crippen LogP contribution < -0.4 is 11.0 Å². The lowest BCUT2D eigenvalue weighted by molar-refractivity contribution is 0.00519. The van der Waals surface area contributed by atoms with E-state index in [-0.39, 0.29) is 5.78 Å². The zero-order valence-electron chi connectivity index (χ0n) is 17.0. The summed E-state index contributed by atoms with van der Waals surface area (Å²) in [5, 5.41) is 2.59. The summed E-state index contributed by atoms with van der Waals surface area (Å²) in [5.74, 6) is -0.135. The maximum atomic E-state index is 12.7. The summed E-state index contributed by atoms with van der Waals surface area (Å²) >= 11 is 6.05. The molecule has 0 radical (unpaired) electrons. The Kier molecular flexibility index (Phi) is 5.68. The Hall–Kier alpha value is -2.99. The van der Waals surface area contributed by atoms with Crippen molar-refractivity contribution < 1.29 is 9.63 Å². The van der Waals surface area contributed by atoms with E-state index < -0.39 is 6.10 Å². The summed E-state index contributed by atoms with van der Waals surface area (Å²) in [7, 11) is 0. The number of carbonyl (C=O) groups excluding carboxylic acids is 1. The molecule has 4 rings (SSSR count). The van der Waals surface area contributed by atoms with E-state index in [4.69, 9.17) is 21.4 Å². The summed E-state index contributed by atoms with van der Waals surface area (Å²) in [4.78, 5) is 23.0. The molecule has 1 unspecified atom stereocenters. The van der Waals surface area contributed by atoms with Crippen molar-refractivity contribution in [1.29, 1.82) is 0 Å². The molecule has 0 amide bonds. The molecule has 1 aromatic heterocycles. The van der Waals surface area contributed by atoms with Gasteiger partial charge in [0.1, 0.15) is 6.10 Å². The van der Waals surface area contributed by atoms with E-state index in [1.54, 1.807) is 25.1 Å². The number of halogens is 1. The molecule has 0 saturated heterocycles. The van der Waals surface area contributed by atoms with Gasteiger partial charge in [-0.25, -0.2) is 4.98 Å². The number of Topliss-reactive ketones (excluding diaryl/α,β-unsaturated/α-hetero) is 1. The van der Waals surface area contributed by atoms with Gasteiger partial charge in [0.15, 0.2) is 5.78 Å². The average molecular weight is 420 g/mol. The molecule has 0 bridgehead atoms. The normalized spacial score (nSPS) is 12.3. The van der Waals surface area contributed by atoms with E-state index in [9.17, 15) is 4.79 Å². The summed E-state index contributed by atoms with van der Waals surface area (Å²) in [5.41, 5.74) is 11.0. The van der Waals surface area contributed by atoms with Gasteiger partial charge < -0.3 is 0 Å². The molecule has 4 aromatic rings. The van der Waals surface area contributed by atoms with Crippen LogP contribution in [0.15, 0.2) is 60.7 Å². The zero-order chi connectivity index (χ0) is 21.3. The first-order valence-electron chi connectivity index (χ1n) is 9.71. The highest BCUT2D eigenvalue weighted by atomic mass is 35.5. The predicted octanol–water partition coefficient (Wildman–Crippen LogP) is 5.78. The molecule has 0 spiro atoms. The Bertz CT molecular complexity index is 1260. The van der Waals surface area contributed by atoms with E-state index in [2.05, 4.69) is 11.0 Å². The fraction of sp³-hybridized carbons (Fsp3) is 0.167. The molecule has 0 aliphatic rings. The number of benzene rings is 3. The van der Waals surface area contributed by atoms with Crippen molar-refractivity contribution in [2.24, 2.45) is 0 Å². The number of para-hydroxylation sites is 1. The van der Waals surface area contributed by atoms with Gasteiger partial charge in [-0.2, -0.15) is 0 Å². The lowest BCUT2D eigenvalue weighted by Gasteiger charge is -2.17. The first kappa shape index (κ1) is 20.3. The van der Waals surface area contributed by atoms with E-state index in [1.165, 1.54) is 0 Å². The Balaban J connectivity index is 1.57. The number of carbonyl (C=O) groups is 1. The van der Waals surface area contributed by atoms with E-state index in [0.29, 0.717) is 10.6 Å². The van der Waals surface area contributed by atoms with Gasteiger partial charge in [-0.15, -0.1) is 5.59 Å². The van der Waals surface area contributed by atoms with Crippen molar-refractivity contribution in [3.63, 3.8) is 0 Å². The maximum absolute atomic E-state index is 12.7. The minimum absolute atomic E-state index is 0.135. The number of hydrazine groups is 1. The van der Waals surface area contributed by atoms with Crippen LogP contribution in [0.5, 0.6) is 0 Å². The van der Waals surface area contributed by atoms with Crippen LogP contribution in [-0.4, -0.2) is 16.9 Å². The van der Waals surface area contributed by atoms with Gasteiger partial charge in [-0.1, -0.05) is 41.9 Å². The molecule has 1 atom stereocenters.